The van der Waals surface area contributed by atoms with Crippen molar-refractivity contribution in [2.75, 3.05) is 0 Å². The van der Waals surface area contributed by atoms with Crippen molar-refractivity contribution in [1.29, 1.82) is 0 Å². The molecular weight excluding hydrogens is 167 g/mol. The molecule has 2 N–H and O–H groups in total. The monoisotopic (exact) mass is 179 g/mol. The Labute approximate surface area is 69.5 Å². The molecule has 1 fully saturated rings. The molecule has 1 saturated carbocycles. The van der Waals surface area contributed by atoms with Crippen LogP contribution in [0, 0.1) is 6.42 Å². The second-order valence-electron chi connectivity index (χ2n) is 1.93. The van der Waals surface area contributed by atoms with E-state index in [1.165, 1.54) is 32.1 Å². The van der Waals surface area contributed by atoms with Gasteiger partial charge in [-0.2, -0.15) is 12.8 Å². The first kappa shape index (κ1) is 12.2. The van der Waals surface area contributed by atoms with E-state index in [1.807, 2.05) is 0 Å². The Balaban J connectivity index is 0. The first-order valence-corrected chi connectivity index (χ1v) is 3.04. The third-order valence-electron chi connectivity index (χ3n) is 1.32. The van der Waals surface area contributed by atoms with E-state index in [1.54, 1.807) is 0 Å². The van der Waals surface area contributed by atoms with Crippen LogP contribution in [0.4, 0.5) is 0 Å². The summed E-state index contributed by atoms with van der Waals surface area (Å²) in [5, 5.41) is 6.25. The SMILES string of the molecule is [CH-]1CCCCC1.[NH-]O.[Zn+2]. The molecule has 2 nitrogen and oxygen atoms in total. The number of nitrogens with one attached hydrogen (secondary N) is 1. The number of rotatable bonds is 0. The molecule has 0 atom stereocenters. The largest absolute Gasteiger partial charge is 2.00 e. The Hall–Kier alpha value is 0.543. The van der Waals surface area contributed by atoms with Crippen molar-refractivity contribution in [3.05, 3.63) is 12.3 Å². The maximum Gasteiger partial charge on any atom is 2.00 e. The van der Waals surface area contributed by atoms with Crippen molar-refractivity contribution in [3.8, 4) is 0 Å². The summed E-state index contributed by atoms with van der Waals surface area (Å²) in [5.41, 5.74) is 0. The van der Waals surface area contributed by atoms with Crippen LogP contribution in [-0.4, -0.2) is 5.21 Å². The molecule has 1 rings (SSSR count). The fourth-order valence-corrected chi connectivity index (χ4v) is 0.898. The van der Waals surface area contributed by atoms with Gasteiger partial charge >= 0.3 is 19.5 Å². The molecule has 0 aliphatic heterocycles. The average Bonchev–Trinajstić information content (AvgIpc) is 1.96. The Kier molecular flexibility index (Phi) is 15.4. The maximum atomic E-state index is 6.25. The van der Waals surface area contributed by atoms with E-state index in [9.17, 15) is 0 Å². The minimum absolute atomic E-state index is 0. The molecule has 0 aromatic carbocycles. The third-order valence-corrected chi connectivity index (χ3v) is 1.32. The van der Waals surface area contributed by atoms with Gasteiger partial charge in [-0.15, -0.1) is 0 Å². The number of hydrogen-bond acceptors (Lipinski definition) is 1. The summed E-state index contributed by atoms with van der Waals surface area (Å²) < 4.78 is 0. The Morgan fingerprint density at radius 2 is 1.44 bits per heavy atom. The molecule has 0 radical (unpaired) electrons. The van der Waals surface area contributed by atoms with E-state index in [4.69, 9.17) is 11.1 Å². The minimum Gasteiger partial charge on any atom is -0.553 e. The van der Waals surface area contributed by atoms with E-state index >= 15 is 0 Å². The predicted octanol–water partition coefficient (Wildman–Crippen LogP) is 2.58. The van der Waals surface area contributed by atoms with E-state index in [0.29, 0.717) is 0 Å². The quantitative estimate of drug-likeness (QED) is 0.348. The molecule has 0 aromatic rings. The van der Waals surface area contributed by atoms with Crippen molar-refractivity contribution in [1.82, 2.24) is 0 Å². The van der Waals surface area contributed by atoms with Crippen molar-refractivity contribution in [3.63, 3.8) is 0 Å². The molecule has 1 aliphatic carbocycles. The summed E-state index contributed by atoms with van der Waals surface area (Å²) in [5.74, 6) is 4.75. The van der Waals surface area contributed by atoms with Gasteiger partial charge in [0.1, 0.15) is 0 Å². The van der Waals surface area contributed by atoms with Gasteiger partial charge in [-0.25, -0.2) is 0 Å². The Bertz CT molecular complexity index is 28.5. The number of hydrogen-bond donors (Lipinski definition) is 1. The maximum absolute atomic E-state index is 6.25. The fraction of sp³-hybridized carbons (Fsp3) is 0.833. The summed E-state index contributed by atoms with van der Waals surface area (Å²) in [7, 11) is 0. The van der Waals surface area contributed by atoms with Gasteiger partial charge in [0, 0.05) is 0 Å². The van der Waals surface area contributed by atoms with Crippen molar-refractivity contribution in [2.45, 2.75) is 32.1 Å². The van der Waals surface area contributed by atoms with Crippen LogP contribution < -0.4 is 0 Å². The molecule has 0 heterocycles. The standard InChI is InChI=1S/C6H11.H2NO.Zn/c1-2-4-6-5-3-1;1-2;/h1H,2-6H2;1-2H;/q2*-1;+2. The molecule has 50 valence electrons. The van der Waals surface area contributed by atoms with E-state index < -0.39 is 0 Å². The van der Waals surface area contributed by atoms with Crippen LogP contribution in [-0.2, 0) is 19.5 Å². The van der Waals surface area contributed by atoms with Gasteiger partial charge in [-0.3, -0.25) is 0 Å². The molecule has 0 amide bonds. The summed E-state index contributed by atoms with van der Waals surface area (Å²) in [6, 6.07) is 0. The van der Waals surface area contributed by atoms with Crippen molar-refractivity contribution < 1.29 is 24.7 Å². The molecule has 0 saturated heterocycles. The summed E-state index contributed by atoms with van der Waals surface area (Å²) >= 11 is 0. The first-order valence-electron chi connectivity index (χ1n) is 3.04. The van der Waals surface area contributed by atoms with Gasteiger partial charge in [-0.1, -0.05) is 19.3 Å². The molecule has 0 aromatic heterocycles. The van der Waals surface area contributed by atoms with Crippen LogP contribution in [0.1, 0.15) is 32.1 Å². The van der Waals surface area contributed by atoms with Gasteiger partial charge in [0.15, 0.2) is 0 Å². The molecule has 0 bridgehead atoms. The smallest absolute Gasteiger partial charge is 0.553 e. The van der Waals surface area contributed by atoms with Gasteiger partial charge in [-0.05, 0) is 0 Å². The predicted molar refractivity (Wildman–Crippen MR) is 33.5 cm³/mol. The van der Waals surface area contributed by atoms with Crippen LogP contribution in [0.5, 0.6) is 0 Å². The van der Waals surface area contributed by atoms with E-state index in [-0.39, 0.29) is 19.5 Å². The molecule has 9 heavy (non-hydrogen) atoms. The second-order valence-corrected chi connectivity index (χ2v) is 1.93. The van der Waals surface area contributed by atoms with Crippen LogP contribution in [0.2, 0.25) is 0 Å². The van der Waals surface area contributed by atoms with Crippen LogP contribution in [0.15, 0.2) is 0 Å². The van der Waals surface area contributed by atoms with Crippen LogP contribution in [0.25, 0.3) is 5.90 Å². The summed E-state index contributed by atoms with van der Waals surface area (Å²) in [6.07, 6.45) is 9.50. The van der Waals surface area contributed by atoms with Crippen LogP contribution >= 0.6 is 0 Å². The fourth-order valence-electron chi connectivity index (χ4n) is 0.898. The van der Waals surface area contributed by atoms with E-state index in [0.717, 1.165) is 0 Å². The minimum atomic E-state index is 0. The summed E-state index contributed by atoms with van der Waals surface area (Å²) in [6.45, 7) is 0. The molecular formula is C6H13NOZn. The normalized spacial score (nSPS) is 16.7. The Morgan fingerprint density at radius 1 is 1.00 bits per heavy atom. The third kappa shape index (κ3) is 8.54. The first-order chi connectivity index (χ1) is 4.00. The zero-order valence-electron chi connectivity index (χ0n) is 5.77. The molecule has 0 unspecified atom stereocenters. The molecule has 1 aliphatic rings. The molecule has 3 heteroatoms. The molecule has 0 spiro atoms. The Morgan fingerprint density at radius 3 is 1.56 bits per heavy atom. The van der Waals surface area contributed by atoms with Crippen molar-refractivity contribution >= 4 is 0 Å². The van der Waals surface area contributed by atoms with Gasteiger partial charge in [0.25, 0.3) is 0 Å². The van der Waals surface area contributed by atoms with Gasteiger partial charge < -0.3 is 17.5 Å². The summed E-state index contributed by atoms with van der Waals surface area (Å²) in [4.78, 5) is 0. The van der Waals surface area contributed by atoms with Gasteiger partial charge in [0.2, 0.25) is 0 Å². The van der Waals surface area contributed by atoms with Gasteiger partial charge in [0.05, 0.1) is 0 Å². The van der Waals surface area contributed by atoms with Crippen molar-refractivity contribution in [2.24, 2.45) is 0 Å². The second kappa shape index (κ2) is 11.4. The zero-order chi connectivity index (χ0) is 6.24. The topological polar surface area (TPSA) is 44.0 Å². The van der Waals surface area contributed by atoms with Crippen LogP contribution in [0.3, 0.4) is 0 Å². The zero-order valence-corrected chi connectivity index (χ0v) is 8.73. The average molecular weight is 181 g/mol. The van der Waals surface area contributed by atoms with E-state index in [2.05, 4.69) is 6.42 Å².